The lowest BCUT2D eigenvalue weighted by Gasteiger charge is -2.26. The van der Waals surface area contributed by atoms with E-state index < -0.39 is 5.41 Å². The molecule has 3 heteroatoms. The molecular weight excluding hydrogens is 130 g/mol. The first-order valence-corrected chi connectivity index (χ1v) is 3.37. The van der Waals surface area contributed by atoms with Crippen LogP contribution in [-0.2, 0) is 9.59 Å². The highest BCUT2D eigenvalue weighted by molar-refractivity contribution is 6.07. The largest absolute Gasteiger partial charge is 0.355 e. The quantitative estimate of drug-likeness (QED) is 0.486. The van der Waals surface area contributed by atoms with E-state index in [1.165, 1.54) is 0 Å². The monoisotopic (exact) mass is 141 g/mol. The molecule has 0 atom stereocenters. The molecule has 0 aromatic rings. The van der Waals surface area contributed by atoms with Crippen molar-refractivity contribution in [3.05, 3.63) is 0 Å². The number of carbonyl (C=O) groups is 2. The third-order valence-electron chi connectivity index (χ3n) is 1.90. The molecular formula is C7H11NO2. The SMILES string of the molecule is CC1(C)C(=O)CCNC1=O. The molecule has 1 fully saturated rings. The molecule has 1 rings (SSSR count). The molecule has 1 saturated heterocycles. The van der Waals surface area contributed by atoms with Gasteiger partial charge in [0.15, 0.2) is 0 Å². The zero-order chi connectivity index (χ0) is 7.78. The third kappa shape index (κ3) is 0.916. The number of hydrogen-bond donors (Lipinski definition) is 1. The summed E-state index contributed by atoms with van der Waals surface area (Å²) < 4.78 is 0. The smallest absolute Gasteiger partial charge is 0.233 e. The van der Waals surface area contributed by atoms with Crippen LogP contribution in [0.1, 0.15) is 20.3 Å². The predicted molar refractivity (Wildman–Crippen MR) is 36.4 cm³/mol. The van der Waals surface area contributed by atoms with Crippen LogP contribution in [0.3, 0.4) is 0 Å². The lowest BCUT2D eigenvalue weighted by atomic mass is 9.83. The van der Waals surface area contributed by atoms with Gasteiger partial charge in [-0.15, -0.1) is 0 Å². The fourth-order valence-electron chi connectivity index (χ4n) is 0.950. The average molecular weight is 141 g/mol. The minimum absolute atomic E-state index is 0.0382. The number of hydrogen-bond acceptors (Lipinski definition) is 2. The van der Waals surface area contributed by atoms with Crippen molar-refractivity contribution in [3.8, 4) is 0 Å². The van der Waals surface area contributed by atoms with Gasteiger partial charge >= 0.3 is 0 Å². The van der Waals surface area contributed by atoms with Crippen LogP contribution in [0.15, 0.2) is 0 Å². The minimum atomic E-state index is -0.793. The Morgan fingerprint density at radius 1 is 1.40 bits per heavy atom. The summed E-state index contributed by atoms with van der Waals surface area (Å²) in [6, 6.07) is 0. The highest BCUT2D eigenvalue weighted by Gasteiger charge is 2.37. The van der Waals surface area contributed by atoms with Crippen LogP contribution in [0.4, 0.5) is 0 Å². The van der Waals surface area contributed by atoms with E-state index in [1.807, 2.05) is 0 Å². The van der Waals surface area contributed by atoms with Crippen molar-refractivity contribution in [1.29, 1.82) is 0 Å². The van der Waals surface area contributed by atoms with Gasteiger partial charge in [0.25, 0.3) is 0 Å². The summed E-state index contributed by atoms with van der Waals surface area (Å²) in [5.41, 5.74) is -0.793. The van der Waals surface area contributed by atoms with Gasteiger partial charge < -0.3 is 5.32 Å². The van der Waals surface area contributed by atoms with E-state index in [0.717, 1.165) is 0 Å². The Kier molecular flexibility index (Phi) is 1.50. The fraction of sp³-hybridized carbons (Fsp3) is 0.714. The second-order valence-electron chi connectivity index (χ2n) is 3.05. The lowest BCUT2D eigenvalue weighted by Crippen LogP contribution is -2.48. The van der Waals surface area contributed by atoms with Crippen LogP contribution in [0.25, 0.3) is 0 Å². The normalized spacial score (nSPS) is 24.2. The predicted octanol–water partition coefficient (Wildman–Crippen LogP) is 0.102. The number of amides is 1. The van der Waals surface area contributed by atoms with Crippen molar-refractivity contribution in [2.45, 2.75) is 20.3 Å². The van der Waals surface area contributed by atoms with Gasteiger partial charge in [-0.2, -0.15) is 0 Å². The van der Waals surface area contributed by atoms with E-state index in [-0.39, 0.29) is 11.7 Å². The Bertz CT molecular complexity index is 166. The van der Waals surface area contributed by atoms with Crippen molar-refractivity contribution in [1.82, 2.24) is 5.32 Å². The third-order valence-corrected chi connectivity index (χ3v) is 1.90. The zero-order valence-corrected chi connectivity index (χ0v) is 6.23. The Labute approximate surface area is 59.8 Å². The molecule has 0 unspecified atom stereocenters. The number of nitrogens with one attached hydrogen (secondary N) is 1. The molecule has 0 spiro atoms. The average Bonchev–Trinajstić information content (AvgIpc) is 1.84. The number of Topliss-reactive ketones (excluding diaryl/α,β-unsaturated/α-hetero) is 1. The fourth-order valence-corrected chi connectivity index (χ4v) is 0.950. The Morgan fingerprint density at radius 2 is 2.00 bits per heavy atom. The van der Waals surface area contributed by atoms with Gasteiger partial charge in [-0.05, 0) is 13.8 Å². The summed E-state index contributed by atoms with van der Waals surface area (Å²) in [6.45, 7) is 3.81. The molecule has 1 amide bonds. The first kappa shape index (κ1) is 7.25. The molecule has 56 valence electrons. The number of ketones is 1. The van der Waals surface area contributed by atoms with Gasteiger partial charge in [0.2, 0.25) is 5.91 Å². The molecule has 1 aliphatic rings. The molecule has 0 saturated carbocycles. The van der Waals surface area contributed by atoms with Gasteiger partial charge in [-0.25, -0.2) is 0 Å². The van der Waals surface area contributed by atoms with E-state index in [4.69, 9.17) is 0 Å². The minimum Gasteiger partial charge on any atom is -0.355 e. The summed E-state index contributed by atoms with van der Waals surface area (Å²) in [7, 11) is 0. The van der Waals surface area contributed by atoms with Gasteiger partial charge in [-0.3, -0.25) is 9.59 Å². The maximum absolute atomic E-state index is 11.1. The second-order valence-corrected chi connectivity index (χ2v) is 3.05. The summed E-state index contributed by atoms with van der Waals surface area (Å²) in [5, 5.41) is 2.64. The van der Waals surface area contributed by atoms with Crippen LogP contribution in [0.5, 0.6) is 0 Å². The van der Waals surface area contributed by atoms with Gasteiger partial charge in [0.05, 0.1) is 0 Å². The van der Waals surface area contributed by atoms with Crippen LogP contribution >= 0.6 is 0 Å². The van der Waals surface area contributed by atoms with Crippen molar-refractivity contribution in [3.63, 3.8) is 0 Å². The van der Waals surface area contributed by atoms with Crippen LogP contribution < -0.4 is 5.32 Å². The number of carbonyl (C=O) groups excluding carboxylic acids is 2. The molecule has 0 radical (unpaired) electrons. The van der Waals surface area contributed by atoms with Crippen LogP contribution in [0, 0.1) is 5.41 Å². The molecule has 0 aromatic carbocycles. The van der Waals surface area contributed by atoms with Gasteiger partial charge in [0, 0.05) is 13.0 Å². The number of rotatable bonds is 0. The summed E-state index contributed by atoms with van der Waals surface area (Å²) in [6.07, 6.45) is 0.471. The maximum Gasteiger partial charge on any atom is 0.233 e. The first-order chi connectivity index (χ1) is 4.55. The Hall–Kier alpha value is -0.860. The van der Waals surface area contributed by atoms with E-state index in [2.05, 4.69) is 5.32 Å². The Morgan fingerprint density at radius 3 is 2.40 bits per heavy atom. The molecule has 3 nitrogen and oxygen atoms in total. The van der Waals surface area contributed by atoms with E-state index in [9.17, 15) is 9.59 Å². The summed E-state index contributed by atoms with van der Waals surface area (Å²) in [5.74, 6) is -0.111. The van der Waals surface area contributed by atoms with Crippen molar-refractivity contribution in [2.75, 3.05) is 6.54 Å². The molecule has 10 heavy (non-hydrogen) atoms. The van der Waals surface area contributed by atoms with Gasteiger partial charge in [0.1, 0.15) is 11.2 Å². The first-order valence-electron chi connectivity index (χ1n) is 3.37. The molecule has 0 bridgehead atoms. The Balaban J connectivity index is 2.83. The standard InChI is InChI=1S/C7H11NO2/c1-7(2)5(9)3-4-8-6(7)10/h3-4H2,1-2H3,(H,8,10). The van der Waals surface area contributed by atoms with Crippen LogP contribution in [-0.4, -0.2) is 18.2 Å². The van der Waals surface area contributed by atoms with Crippen LogP contribution in [0.2, 0.25) is 0 Å². The molecule has 1 N–H and O–H groups in total. The highest BCUT2D eigenvalue weighted by Crippen LogP contribution is 2.21. The summed E-state index contributed by atoms with van der Waals surface area (Å²) in [4.78, 5) is 22.1. The van der Waals surface area contributed by atoms with Crippen molar-refractivity contribution < 1.29 is 9.59 Å². The molecule has 1 aliphatic heterocycles. The molecule has 0 aromatic heterocycles. The lowest BCUT2D eigenvalue weighted by molar-refractivity contribution is -0.142. The van der Waals surface area contributed by atoms with Gasteiger partial charge in [-0.1, -0.05) is 0 Å². The second kappa shape index (κ2) is 2.08. The highest BCUT2D eigenvalue weighted by atomic mass is 16.2. The summed E-state index contributed by atoms with van der Waals surface area (Å²) >= 11 is 0. The molecule has 1 heterocycles. The van der Waals surface area contributed by atoms with Crippen molar-refractivity contribution in [2.24, 2.45) is 5.41 Å². The maximum atomic E-state index is 11.1. The molecule has 0 aliphatic carbocycles. The van der Waals surface area contributed by atoms with E-state index >= 15 is 0 Å². The van der Waals surface area contributed by atoms with E-state index in [0.29, 0.717) is 13.0 Å². The van der Waals surface area contributed by atoms with E-state index in [1.54, 1.807) is 13.8 Å². The number of piperidine rings is 1. The van der Waals surface area contributed by atoms with Crippen molar-refractivity contribution >= 4 is 11.7 Å². The zero-order valence-electron chi connectivity index (χ0n) is 6.23. The topological polar surface area (TPSA) is 46.2 Å².